The molecule has 2 nitrogen and oxygen atoms in total. The van der Waals surface area contributed by atoms with E-state index in [-0.39, 0.29) is 5.60 Å². The van der Waals surface area contributed by atoms with Crippen LogP contribution in [0, 0.1) is 5.92 Å². The summed E-state index contributed by atoms with van der Waals surface area (Å²) >= 11 is 0. The van der Waals surface area contributed by atoms with Crippen molar-refractivity contribution in [3.05, 3.63) is 29.3 Å². The molecular weight excluding hydrogens is 234 g/mol. The first kappa shape index (κ1) is 14.4. The molecule has 2 heteroatoms. The van der Waals surface area contributed by atoms with Crippen LogP contribution in [0.25, 0.3) is 0 Å². The summed E-state index contributed by atoms with van der Waals surface area (Å²) < 4.78 is 5.96. The second kappa shape index (κ2) is 5.54. The first-order valence-electron chi connectivity index (χ1n) is 7.49. The Kier molecular flexibility index (Phi) is 4.19. The second-order valence-corrected chi connectivity index (χ2v) is 6.25. The van der Waals surface area contributed by atoms with E-state index in [1.165, 1.54) is 24.0 Å². The molecule has 1 aromatic rings. The summed E-state index contributed by atoms with van der Waals surface area (Å²) in [5.41, 5.74) is 2.70. The van der Waals surface area contributed by atoms with Gasteiger partial charge >= 0.3 is 0 Å². The minimum absolute atomic E-state index is 0.0506. The third kappa shape index (κ3) is 2.94. The van der Waals surface area contributed by atoms with Gasteiger partial charge in [0.1, 0.15) is 11.4 Å². The SMILES string of the molecule is CCC(CC)C(NC)c1ccc2c(c1)CC(C)(C)O2. The molecule has 0 bridgehead atoms. The maximum Gasteiger partial charge on any atom is 0.123 e. The lowest BCUT2D eigenvalue weighted by Crippen LogP contribution is -2.25. The van der Waals surface area contributed by atoms with Crippen molar-refractivity contribution < 1.29 is 4.74 Å². The van der Waals surface area contributed by atoms with Crippen molar-refractivity contribution in [2.24, 2.45) is 5.92 Å². The van der Waals surface area contributed by atoms with Gasteiger partial charge in [0.25, 0.3) is 0 Å². The summed E-state index contributed by atoms with van der Waals surface area (Å²) in [5, 5.41) is 3.49. The van der Waals surface area contributed by atoms with Crippen LogP contribution in [0.3, 0.4) is 0 Å². The van der Waals surface area contributed by atoms with Crippen molar-refractivity contribution in [1.29, 1.82) is 0 Å². The van der Waals surface area contributed by atoms with Crippen LogP contribution in [0.4, 0.5) is 0 Å². The van der Waals surface area contributed by atoms with E-state index in [0.29, 0.717) is 12.0 Å². The monoisotopic (exact) mass is 261 g/mol. The van der Waals surface area contributed by atoms with Gasteiger partial charge in [0, 0.05) is 12.5 Å². The van der Waals surface area contributed by atoms with E-state index >= 15 is 0 Å². The Morgan fingerprint density at radius 3 is 2.53 bits per heavy atom. The van der Waals surface area contributed by atoms with E-state index in [4.69, 9.17) is 4.74 Å². The van der Waals surface area contributed by atoms with Gasteiger partial charge in [0.15, 0.2) is 0 Å². The molecular formula is C17H27NO. The van der Waals surface area contributed by atoms with E-state index in [1.807, 2.05) is 0 Å². The zero-order chi connectivity index (χ0) is 14.0. The number of benzene rings is 1. The Balaban J connectivity index is 2.27. The van der Waals surface area contributed by atoms with Gasteiger partial charge in [-0.1, -0.05) is 38.8 Å². The summed E-state index contributed by atoms with van der Waals surface area (Å²) in [5.74, 6) is 1.76. The fourth-order valence-electron chi connectivity index (χ4n) is 3.26. The average Bonchev–Trinajstić information content (AvgIpc) is 2.68. The molecule has 2 rings (SSSR count). The van der Waals surface area contributed by atoms with Gasteiger partial charge in [-0.15, -0.1) is 0 Å². The van der Waals surface area contributed by atoms with Crippen molar-refractivity contribution in [1.82, 2.24) is 5.32 Å². The highest BCUT2D eigenvalue weighted by Crippen LogP contribution is 2.37. The lowest BCUT2D eigenvalue weighted by molar-refractivity contribution is 0.138. The Bertz CT molecular complexity index is 435. The fraction of sp³-hybridized carbons (Fsp3) is 0.647. The molecule has 1 aliphatic rings. The first-order chi connectivity index (χ1) is 9.00. The number of ether oxygens (including phenoxy) is 1. The van der Waals surface area contributed by atoms with Gasteiger partial charge in [0.2, 0.25) is 0 Å². The highest BCUT2D eigenvalue weighted by molar-refractivity contribution is 5.42. The minimum Gasteiger partial charge on any atom is -0.487 e. The minimum atomic E-state index is -0.0506. The van der Waals surface area contributed by atoms with E-state index in [2.05, 4.69) is 58.3 Å². The molecule has 0 saturated heterocycles. The Morgan fingerprint density at radius 1 is 1.26 bits per heavy atom. The molecule has 0 spiro atoms. The van der Waals surface area contributed by atoms with Gasteiger partial charge in [-0.25, -0.2) is 0 Å². The van der Waals surface area contributed by atoms with Gasteiger partial charge in [0.05, 0.1) is 0 Å². The number of fused-ring (bicyclic) bond motifs is 1. The fourth-order valence-corrected chi connectivity index (χ4v) is 3.26. The van der Waals surface area contributed by atoms with E-state index in [0.717, 1.165) is 12.2 Å². The van der Waals surface area contributed by atoms with Crippen molar-refractivity contribution in [3.8, 4) is 5.75 Å². The van der Waals surface area contributed by atoms with Gasteiger partial charge in [-0.3, -0.25) is 0 Å². The first-order valence-corrected chi connectivity index (χ1v) is 7.49. The summed E-state index contributed by atoms with van der Waals surface area (Å²) in [7, 11) is 2.07. The van der Waals surface area contributed by atoms with Crippen LogP contribution in [0.1, 0.15) is 57.7 Å². The van der Waals surface area contributed by atoms with Crippen LogP contribution < -0.4 is 10.1 Å². The maximum atomic E-state index is 5.96. The molecule has 1 atom stereocenters. The Labute approximate surface area is 117 Å². The third-order valence-corrected chi connectivity index (χ3v) is 4.28. The van der Waals surface area contributed by atoms with Crippen LogP contribution in [0.5, 0.6) is 5.75 Å². The highest BCUT2D eigenvalue weighted by Gasteiger charge is 2.31. The van der Waals surface area contributed by atoms with Crippen LogP contribution >= 0.6 is 0 Å². The molecule has 1 N–H and O–H groups in total. The zero-order valence-electron chi connectivity index (χ0n) is 12.9. The standard InChI is InChI=1S/C17H27NO/c1-6-12(7-2)16(18-5)13-8-9-15-14(10-13)11-17(3,4)19-15/h8-10,12,16,18H,6-7,11H2,1-5H3. The predicted octanol–water partition coefficient (Wildman–Crippen LogP) is 4.10. The maximum absolute atomic E-state index is 5.96. The summed E-state index contributed by atoms with van der Waals surface area (Å²) in [4.78, 5) is 0. The number of hydrogen-bond acceptors (Lipinski definition) is 2. The summed E-state index contributed by atoms with van der Waals surface area (Å²) in [6, 6.07) is 7.15. The van der Waals surface area contributed by atoms with Crippen molar-refractivity contribution in [3.63, 3.8) is 0 Å². The van der Waals surface area contributed by atoms with Crippen molar-refractivity contribution in [2.75, 3.05) is 7.05 Å². The molecule has 106 valence electrons. The Morgan fingerprint density at radius 2 is 1.95 bits per heavy atom. The zero-order valence-corrected chi connectivity index (χ0v) is 12.9. The van der Waals surface area contributed by atoms with Gasteiger partial charge in [-0.05, 0) is 44.0 Å². The van der Waals surface area contributed by atoms with Crippen LogP contribution in [-0.4, -0.2) is 12.6 Å². The van der Waals surface area contributed by atoms with E-state index < -0.39 is 0 Å². The number of hydrogen-bond donors (Lipinski definition) is 1. The third-order valence-electron chi connectivity index (χ3n) is 4.28. The van der Waals surface area contributed by atoms with Gasteiger partial charge < -0.3 is 10.1 Å². The largest absolute Gasteiger partial charge is 0.487 e. The number of rotatable bonds is 5. The van der Waals surface area contributed by atoms with Crippen molar-refractivity contribution in [2.45, 2.75) is 58.6 Å². The molecule has 19 heavy (non-hydrogen) atoms. The molecule has 1 aromatic carbocycles. The molecule has 0 saturated carbocycles. The molecule has 1 aliphatic heterocycles. The van der Waals surface area contributed by atoms with Crippen molar-refractivity contribution >= 4 is 0 Å². The quantitative estimate of drug-likeness (QED) is 0.861. The van der Waals surface area contributed by atoms with E-state index in [1.54, 1.807) is 0 Å². The predicted molar refractivity (Wildman–Crippen MR) is 80.7 cm³/mol. The number of nitrogens with one attached hydrogen (secondary N) is 1. The Hall–Kier alpha value is -1.02. The molecule has 0 fully saturated rings. The molecule has 1 heterocycles. The lowest BCUT2D eigenvalue weighted by Gasteiger charge is -2.25. The summed E-state index contributed by atoms with van der Waals surface area (Å²) in [6.07, 6.45) is 3.43. The molecule has 1 unspecified atom stereocenters. The van der Waals surface area contributed by atoms with Crippen LogP contribution in [0.2, 0.25) is 0 Å². The lowest BCUT2D eigenvalue weighted by atomic mass is 9.87. The molecule has 0 radical (unpaired) electrons. The second-order valence-electron chi connectivity index (χ2n) is 6.25. The van der Waals surface area contributed by atoms with Crippen LogP contribution in [0.15, 0.2) is 18.2 Å². The van der Waals surface area contributed by atoms with Gasteiger partial charge in [-0.2, -0.15) is 0 Å². The average molecular weight is 261 g/mol. The highest BCUT2D eigenvalue weighted by atomic mass is 16.5. The molecule has 0 amide bonds. The normalized spacial score (nSPS) is 18.2. The van der Waals surface area contributed by atoms with E-state index in [9.17, 15) is 0 Å². The smallest absolute Gasteiger partial charge is 0.123 e. The summed E-state index contributed by atoms with van der Waals surface area (Å²) in [6.45, 7) is 8.86. The molecule has 0 aliphatic carbocycles. The van der Waals surface area contributed by atoms with Crippen LogP contribution in [-0.2, 0) is 6.42 Å². The molecule has 0 aromatic heterocycles. The topological polar surface area (TPSA) is 21.3 Å².